The molecule has 5 heteroatoms. The van der Waals surface area contributed by atoms with Crippen LogP contribution in [0.4, 0.5) is 10.5 Å². The zero-order chi connectivity index (χ0) is 17.5. The van der Waals surface area contributed by atoms with Gasteiger partial charge in [-0.05, 0) is 44.7 Å². The van der Waals surface area contributed by atoms with Crippen LogP contribution in [-0.2, 0) is 9.53 Å². The number of fused-ring (bicyclic) bond motifs is 3. The molecule has 130 valence electrons. The first-order chi connectivity index (χ1) is 11.3. The number of likely N-dealkylation sites (tertiary alicyclic amines) is 1. The molecule has 0 unspecified atom stereocenters. The molecule has 0 aromatic heterocycles. The van der Waals surface area contributed by atoms with Crippen LogP contribution in [0.5, 0.6) is 0 Å². The van der Waals surface area contributed by atoms with Crippen molar-refractivity contribution in [2.75, 3.05) is 24.5 Å². The molecule has 0 spiro atoms. The van der Waals surface area contributed by atoms with E-state index in [1.54, 1.807) is 6.92 Å². The van der Waals surface area contributed by atoms with Gasteiger partial charge < -0.3 is 14.5 Å². The number of amides is 2. The van der Waals surface area contributed by atoms with Gasteiger partial charge in [-0.3, -0.25) is 4.79 Å². The zero-order valence-electron chi connectivity index (χ0n) is 14.9. The molecule has 2 amide bonds. The predicted octanol–water partition coefficient (Wildman–Crippen LogP) is 3.39. The summed E-state index contributed by atoms with van der Waals surface area (Å²) in [5.74, 6) is 0.701. The SMILES string of the molecule is CC(=O)N1CC[C@@H]2CN(C(=O)OC(C)(C)C)C[C@H]2c2ccccc21. The Bertz CT molecular complexity index is 650. The number of para-hydroxylation sites is 1. The summed E-state index contributed by atoms with van der Waals surface area (Å²) >= 11 is 0. The monoisotopic (exact) mass is 330 g/mol. The third-order valence-corrected chi connectivity index (χ3v) is 4.82. The summed E-state index contributed by atoms with van der Waals surface area (Å²) in [6.07, 6.45) is 0.662. The van der Waals surface area contributed by atoms with Crippen LogP contribution in [0.15, 0.2) is 24.3 Å². The molecule has 0 N–H and O–H groups in total. The van der Waals surface area contributed by atoms with Crippen LogP contribution in [0.1, 0.15) is 45.6 Å². The number of rotatable bonds is 0. The summed E-state index contributed by atoms with van der Waals surface area (Å²) in [6.45, 7) is 9.33. The number of benzene rings is 1. The molecule has 1 saturated heterocycles. The summed E-state index contributed by atoms with van der Waals surface area (Å²) in [6, 6.07) is 8.08. The quantitative estimate of drug-likeness (QED) is 0.732. The summed E-state index contributed by atoms with van der Waals surface area (Å²) < 4.78 is 5.53. The number of hydrogen-bond acceptors (Lipinski definition) is 3. The van der Waals surface area contributed by atoms with Crippen molar-refractivity contribution in [1.82, 2.24) is 4.90 Å². The fraction of sp³-hybridized carbons (Fsp3) is 0.579. The second-order valence-electron chi connectivity index (χ2n) is 7.77. The minimum Gasteiger partial charge on any atom is -0.444 e. The van der Waals surface area contributed by atoms with Gasteiger partial charge in [-0.1, -0.05) is 18.2 Å². The Morgan fingerprint density at radius 3 is 2.54 bits per heavy atom. The standard InChI is InChI=1S/C19H26N2O3/c1-13(22)21-10-9-14-11-20(18(23)24-19(2,3)4)12-16(14)15-7-5-6-8-17(15)21/h5-8,14,16H,9-12H2,1-4H3/t14-,16-/m1/s1. The molecular weight excluding hydrogens is 304 g/mol. The van der Waals surface area contributed by atoms with E-state index in [-0.39, 0.29) is 17.9 Å². The highest BCUT2D eigenvalue weighted by Gasteiger charge is 2.41. The van der Waals surface area contributed by atoms with Crippen molar-refractivity contribution < 1.29 is 14.3 Å². The maximum absolute atomic E-state index is 12.4. The molecule has 0 aliphatic carbocycles. The van der Waals surface area contributed by atoms with Gasteiger partial charge in [-0.2, -0.15) is 0 Å². The van der Waals surface area contributed by atoms with Crippen molar-refractivity contribution >= 4 is 17.7 Å². The van der Waals surface area contributed by atoms with Crippen molar-refractivity contribution in [3.63, 3.8) is 0 Å². The van der Waals surface area contributed by atoms with E-state index in [0.29, 0.717) is 25.6 Å². The van der Waals surface area contributed by atoms with E-state index < -0.39 is 5.60 Å². The number of hydrogen-bond donors (Lipinski definition) is 0. The third kappa shape index (κ3) is 3.25. The van der Waals surface area contributed by atoms with E-state index in [2.05, 4.69) is 6.07 Å². The highest BCUT2D eigenvalue weighted by molar-refractivity contribution is 5.92. The van der Waals surface area contributed by atoms with Crippen molar-refractivity contribution in [2.24, 2.45) is 5.92 Å². The van der Waals surface area contributed by atoms with Gasteiger partial charge in [0.05, 0.1) is 0 Å². The summed E-state index contributed by atoms with van der Waals surface area (Å²) in [7, 11) is 0. The van der Waals surface area contributed by atoms with Crippen LogP contribution < -0.4 is 4.90 Å². The van der Waals surface area contributed by atoms with Crippen molar-refractivity contribution in [3.8, 4) is 0 Å². The van der Waals surface area contributed by atoms with E-state index in [1.165, 1.54) is 5.56 Å². The first-order valence-electron chi connectivity index (χ1n) is 8.61. The average Bonchev–Trinajstić information content (AvgIpc) is 2.84. The van der Waals surface area contributed by atoms with Crippen LogP contribution in [0.3, 0.4) is 0 Å². The molecule has 2 heterocycles. The molecule has 2 atom stereocenters. The third-order valence-electron chi connectivity index (χ3n) is 4.82. The minimum atomic E-state index is -0.481. The largest absolute Gasteiger partial charge is 0.444 e. The van der Waals surface area contributed by atoms with Crippen LogP contribution in [0, 0.1) is 5.92 Å². The van der Waals surface area contributed by atoms with Crippen LogP contribution in [0.2, 0.25) is 0 Å². The molecule has 2 aliphatic heterocycles. The lowest BCUT2D eigenvalue weighted by molar-refractivity contribution is -0.116. The lowest BCUT2D eigenvalue weighted by atomic mass is 9.87. The van der Waals surface area contributed by atoms with E-state index in [4.69, 9.17) is 4.74 Å². The number of anilines is 1. The lowest BCUT2D eigenvalue weighted by Crippen LogP contribution is -2.36. The van der Waals surface area contributed by atoms with Crippen molar-refractivity contribution in [2.45, 2.75) is 45.6 Å². The normalized spacial score (nSPS) is 23.3. The maximum atomic E-state index is 12.4. The van der Waals surface area contributed by atoms with Gasteiger partial charge >= 0.3 is 6.09 Å². The van der Waals surface area contributed by atoms with Gasteiger partial charge in [0, 0.05) is 38.2 Å². The highest BCUT2D eigenvalue weighted by atomic mass is 16.6. The minimum absolute atomic E-state index is 0.0754. The van der Waals surface area contributed by atoms with Crippen LogP contribution in [0.25, 0.3) is 0 Å². The summed E-state index contributed by atoms with van der Waals surface area (Å²) in [5.41, 5.74) is 1.68. The van der Waals surface area contributed by atoms with Crippen LogP contribution in [-0.4, -0.2) is 42.1 Å². The van der Waals surface area contributed by atoms with Gasteiger partial charge in [-0.25, -0.2) is 4.79 Å². The Morgan fingerprint density at radius 2 is 1.88 bits per heavy atom. The number of carbonyl (C=O) groups excluding carboxylic acids is 2. The average molecular weight is 330 g/mol. The van der Waals surface area contributed by atoms with Gasteiger partial charge in [0.25, 0.3) is 0 Å². The van der Waals surface area contributed by atoms with Crippen LogP contribution >= 0.6 is 0 Å². The van der Waals surface area contributed by atoms with E-state index in [0.717, 1.165) is 12.1 Å². The van der Waals surface area contributed by atoms with Crippen molar-refractivity contribution in [1.29, 1.82) is 0 Å². The summed E-state index contributed by atoms with van der Waals surface area (Å²) in [4.78, 5) is 28.1. The highest BCUT2D eigenvalue weighted by Crippen LogP contribution is 2.42. The molecule has 1 fully saturated rings. The Labute approximate surface area is 143 Å². The molecule has 24 heavy (non-hydrogen) atoms. The maximum Gasteiger partial charge on any atom is 0.410 e. The van der Waals surface area contributed by atoms with E-state index in [9.17, 15) is 9.59 Å². The van der Waals surface area contributed by atoms with Gasteiger partial charge in [0.2, 0.25) is 5.91 Å². The Kier molecular flexibility index (Phi) is 4.28. The molecule has 2 aliphatic rings. The topological polar surface area (TPSA) is 49.9 Å². The molecule has 1 aromatic carbocycles. The fourth-order valence-corrected chi connectivity index (χ4v) is 3.78. The zero-order valence-corrected chi connectivity index (χ0v) is 14.9. The van der Waals surface area contributed by atoms with Gasteiger partial charge in [-0.15, -0.1) is 0 Å². The van der Waals surface area contributed by atoms with Crippen molar-refractivity contribution in [3.05, 3.63) is 29.8 Å². The number of nitrogens with zero attached hydrogens (tertiary/aromatic N) is 2. The lowest BCUT2D eigenvalue weighted by Gasteiger charge is -2.26. The Balaban J connectivity index is 1.86. The van der Waals surface area contributed by atoms with Gasteiger partial charge in [0.15, 0.2) is 0 Å². The van der Waals surface area contributed by atoms with E-state index >= 15 is 0 Å². The summed E-state index contributed by atoms with van der Waals surface area (Å²) in [5, 5.41) is 0. The smallest absolute Gasteiger partial charge is 0.410 e. The predicted molar refractivity (Wildman–Crippen MR) is 93.1 cm³/mol. The molecule has 0 saturated carbocycles. The first kappa shape index (κ1) is 16.8. The Hall–Kier alpha value is -2.04. The first-order valence-corrected chi connectivity index (χ1v) is 8.61. The second-order valence-corrected chi connectivity index (χ2v) is 7.77. The molecule has 1 aromatic rings. The fourth-order valence-electron chi connectivity index (χ4n) is 3.78. The van der Waals surface area contributed by atoms with E-state index in [1.807, 2.05) is 48.8 Å². The molecule has 3 rings (SSSR count). The molecule has 0 bridgehead atoms. The molecule has 0 radical (unpaired) electrons. The number of carbonyl (C=O) groups is 2. The Morgan fingerprint density at radius 1 is 1.17 bits per heavy atom. The van der Waals surface area contributed by atoms with Gasteiger partial charge in [0.1, 0.15) is 5.60 Å². The second kappa shape index (κ2) is 6.11. The molecular formula is C19H26N2O3. The number of ether oxygens (including phenoxy) is 1. The molecule has 5 nitrogen and oxygen atoms in total.